The molecule has 0 unspecified atom stereocenters. The lowest BCUT2D eigenvalue weighted by atomic mass is 10.2. The Labute approximate surface area is 167 Å². The maximum atomic E-state index is 9.74. The molecule has 9 heteroatoms. The van der Waals surface area contributed by atoms with Gasteiger partial charge >= 0.3 is 0 Å². The number of fused-ring (bicyclic) bond motifs is 1. The van der Waals surface area contributed by atoms with Gasteiger partial charge in [-0.15, -0.1) is 11.3 Å². The Bertz CT molecular complexity index is 924. The molecule has 0 aromatic carbocycles. The number of imidazole rings is 1. The summed E-state index contributed by atoms with van der Waals surface area (Å²) in [7, 11) is 0. The second-order valence-corrected chi connectivity index (χ2v) is 8.42. The summed E-state index contributed by atoms with van der Waals surface area (Å²) in [5.41, 5.74) is 1.61. The van der Waals surface area contributed by atoms with Gasteiger partial charge in [-0.1, -0.05) is 6.07 Å². The van der Waals surface area contributed by atoms with E-state index >= 15 is 0 Å². The monoisotopic (exact) mass is 400 g/mol. The number of aromatic nitrogens is 4. The first-order valence-electron chi connectivity index (χ1n) is 9.75. The number of aliphatic hydroxyl groups excluding tert-OH is 1. The number of aliphatic hydroxyl groups is 1. The molecule has 28 heavy (non-hydrogen) atoms. The van der Waals surface area contributed by atoms with E-state index in [4.69, 9.17) is 4.74 Å². The summed E-state index contributed by atoms with van der Waals surface area (Å²) < 4.78 is 8.15. The normalized spacial score (nSPS) is 23.7. The van der Waals surface area contributed by atoms with Crippen molar-refractivity contribution in [2.24, 2.45) is 0 Å². The lowest BCUT2D eigenvalue weighted by molar-refractivity contribution is -0.135. The van der Waals surface area contributed by atoms with Crippen LogP contribution in [0.2, 0.25) is 0 Å². The zero-order valence-corrected chi connectivity index (χ0v) is 16.5. The van der Waals surface area contributed by atoms with E-state index in [2.05, 4.69) is 42.3 Å². The molecule has 2 aliphatic heterocycles. The van der Waals surface area contributed by atoms with Crippen LogP contribution in [0.1, 0.15) is 23.9 Å². The van der Waals surface area contributed by atoms with Gasteiger partial charge in [-0.25, -0.2) is 15.0 Å². The number of hydrogen-bond donors (Lipinski definition) is 1. The molecule has 0 bridgehead atoms. The second kappa shape index (κ2) is 7.75. The largest absolute Gasteiger partial charge is 0.394 e. The molecular formula is C19H24N6O2S. The highest BCUT2D eigenvalue weighted by Crippen LogP contribution is 2.29. The van der Waals surface area contributed by atoms with Gasteiger partial charge in [-0.2, -0.15) is 0 Å². The highest BCUT2D eigenvalue weighted by molar-refractivity contribution is 7.09. The van der Waals surface area contributed by atoms with Crippen molar-refractivity contribution in [3.63, 3.8) is 0 Å². The van der Waals surface area contributed by atoms with E-state index in [1.807, 2.05) is 4.57 Å². The third-order valence-corrected chi connectivity index (χ3v) is 6.31. The van der Waals surface area contributed by atoms with Gasteiger partial charge in [0.1, 0.15) is 12.6 Å². The molecule has 3 aromatic heterocycles. The second-order valence-electron chi connectivity index (χ2n) is 7.38. The van der Waals surface area contributed by atoms with Crippen molar-refractivity contribution < 1.29 is 9.84 Å². The fourth-order valence-electron chi connectivity index (χ4n) is 4.11. The van der Waals surface area contributed by atoms with Gasteiger partial charge in [0.25, 0.3) is 0 Å². The summed E-state index contributed by atoms with van der Waals surface area (Å²) in [4.78, 5) is 19.5. The number of rotatable bonds is 5. The maximum Gasteiger partial charge on any atom is 0.167 e. The highest BCUT2D eigenvalue weighted by atomic mass is 32.1. The van der Waals surface area contributed by atoms with Crippen LogP contribution in [-0.2, 0) is 11.3 Å². The molecule has 2 aliphatic rings. The van der Waals surface area contributed by atoms with Gasteiger partial charge in [0.2, 0.25) is 0 Å². The molecular weight excluding hydrogens is 376 g/mol. The Kier molecular flexibility index (Phi) is 4.98. The van der Waals surface area contributed by atoms with Gasteiger partial charge in [-0.3, -0.25) is 9.47 Å². The quantitative estimate of drug-likeness (QED) is 0.700. The minimum Gasteiger partial charge on any atom is -0.394 e. The Morgan fingerprint density at radius 3 is 2.86 bits per heavy atom. The van der Waals surface area contributed by atoms with Gasteiger partial charge in [0.05, 0.1) is 19.0 Å². The number of nitrogens with zero attached hydrogens (tertiary/aromatic N) is 6. The molecule has 5 heterocycles. The molecule has 0 saturated carbocycles. The number of thiophene rings is 1. The lowest BCUT2D eigenvalue weighted by Crippen LogP contribution is -2.46. The molecule has 0 spiro atoms. The number of hydrogen-bond acceptors (Lipinski definition) is 8. The first kappa shape index (κ1) is 18.0. The van der Waals surface area contributed by atoms with Crippen LogP contribution in [0.4, 0.5) is 5.82 Å². The third-order valence-electron chi connectivity index (χ3n) is 5.44. The average molecular weight is 401 g/mol. The van der Waals surface area contributed by atoms with E-state index < -0.39 is 0 Å². The van der Waals surface area contributed by atoms with Crippen molar-refractivity contribution in [1.29, 1.82) is 0 Å². The fourth-order valence-corrected chi connectivity index (χ4v) is 4.85. The van der Waals surface area contributed by atoms with Gasteiger partial charge in [-0.05, 0) is 24.3 Å². The van der Waals surface area contributed by atoms with E-state index in [-0.39, 0.29) is 18.9 Å². The van der Waals surface area contributed by atoms with Crippen LogP contribution in [-0.4, -0.2) is 68.4 Å². The van der Waals surface area contributed by atoms with Crippen LogP contribution < -0.4 is 4.90 Å². The van der Waals surface area contributed by atoms with Crippen LogP contribution in [0.25, 0.3) is 11.2 Å². The van der Waals surface area contributed by atoms with Crippen LogP contribution in [0.15, 0.2) is 30.2 Å². The fraction of sp³-hybridized carbons (Fsp3) is 0.526. The van der Waals surface area contributed by atoms with E-state index in [9.17, 15) is 5.11 Å². The van der Waals surface area contributed by atoms with Crippen molar-refractivity contribution in [2.75, 3.05) is 37.7 Å². The maximum absolute atomic E-state index is 9.74. The number of morpholine rings is 1. The molecule has 5 rings (SSSR count). The molecule has 3 aromatic rings. The third kappa shape index (κ3) is 3.39. The minimum absolute atomic E-state index is 0.00190. The van der Waals surface area contributed by atoms with Crippen molar-refractivity contribution in [2.45, 2.75) is 31.7 Å². The predicted octanol–water partition coefficient (Wildman–Crippen LogP) is 1.88. The standard InChI is InChI=1S/C19H24N6O2S/c26-11-14-8-23(9-15-4-3-7-28-15)10-16(27-14)25-13-22-17-18(20-12-21-19(17)25)24-5-1-2-6-24/h3-4,7,12-14,16,26H,1-2,5-6,8-11H2/t14-,16+/m0/s1. The molecule has 2 saturated heterocycles. The summed E-state index contributed by atoms with van der Waals surface area (Å²) in [6, 6.07) is 4.22. The van der Waals surface area contributed by atoms with Crippen LogP contribution in [0.5, 0.6) is 0 Å². The molecule has 0 aliphatic carbocycles. The summed E-state index contributed by atoms with van der Waals surface area (Å²) in [5.74, 6) is 0.909. The van der Waals surface area contributed by atoms with Crippen LogP contribution in [0.3, 0.4) is 0 Å². The zero-order valence-electron chi connectivity index (χ0n) is 15.6. The van der Waals surface area contributed by atoms with E-state index in [0.29, 0.717) is 6.54 Å². The summed E-state index contributed by atoms with van der Waals surface area (Å²) in [5, 5.41) is 11.8. The topological polar surface area (TPSA) is 79.5 Å². The average Bonchev–Trinajstić information content (AvgIpc) is 3.48. The molecule has 1 N–H and O–H groups in total. The summed E-state index contributed by atoms with van der Waals surface area (Å²) in [6.45, 7) is 4.32. The van der Waals surface area contributed by atoms with Crippen molar-refractivity contribution >= 4 is 28.3 Å². The molecule has 0 amide bonds. The molecule has 2 fully saturated rings. The highest BCUT2D eigenvalue weighted by Gasteiger charge is 2.30. The van der Waals surface area contributed by atoms with E-state index in [0.717, 1.165) is 43.2 Å². The molecule has 148 valence electrons. The molecule has 2 atom stereocenters. The van der Waals surface area contributed by atoms with Crippen molar-refractivity contribution in [3.05, 3.63) is 35.0 Å². The Morgan fingerprint density at radius 2 is 2.07 bits per heavy atom. The minimum atomic E-state index is -0.239. The van der Waals surface area contributed by atoms with Crippen molar-refractivity contribution in [3.8, 4) is 0 Å². The first-order valence-corrected chi connectivity index (χ1v) is 10.6. The summed E-state index contributed by atoms with van der Waals surface area (Å²) >= 11 is 1.75. The van der Waals surface area contributed by atoms with Crippen LogP contribution in [0, 0.1) is 0 Å². The first-order chi connectivity index (χ1) is 13.8. The van der Waals surface area contributed by atoms with Crippen LogP contribution >= 0.6 is 11.3 Å². The SMILES string of the molecule is OC[C@@H]1CN(Cc2cccs2)C[C@H](n2cnc3c(N4CCCC4)ncnc32)O1. The molecule has 0 radical (unpaired) electrons. The Morgan fingerprint density at radius 1 is 1.18 bits per heavy atom. The Hall–Kier alpha value is -2.07. The van der Waals surface area contributed by atoms with E-state index in [1.54, 1.807) is 24.0 Å². The summed E-state index contributed by atoms with van der Waals surface area (Å²) in [6.07, 6.45) is 5.33. The smallest absolute Gasteiger partial charge is 0.167 e. The molecule has 8 nitrogen and oxygen atoms in total. The predicted molar refractivity (Wildman–Crippen MR) is 107 cm³/mol. The van der Waals surface area contributed by atoms with E-state index in [1.165, 1.54) is 17.7 Å². The number of ether oxygens (including phenoxy) is 1. The number of anilines is 1. The van der Waals surface area contributed by atoms with Gasteiger partial charge < -0.3 is 14.7 Å². The Balaban J connectivity index is 1.44. The van der Waals surface area contributed by atoms with Gasteiger partial charge in [0, 0.05) is 37.6 Å². The zero-order chi connectivity index (χ0) is 18.9. The van der Waals surface area contributed by atoms with Gasteiger partial charge in [0.15, 0.2) is 17.0 Å². The lowest BCUT2D eigenvalue weighted by Gasteiger charge is -2.37. The van der Waals surface area contributed by atoms with Crippen molar-refractivity contribution in [1.82, 2.24) is 24.4 Å².